The number of carboxylic acids is 1. The second kappa shape index (κ2) is 13.7. The van der Waals surface area contributed by atoms with Crippen LogP contribution < -0.4 is 16.4 Å². The summed E-state index contributed by atoms with van der Waals surface area (Å²) in [6.07, 6.45) is 2.19. The summed E-state index contributed by atoms with van der Waals surface area (Å²) in [4.78, 5) is 53.1. The van der Waals surface area contributed by atoms with Crippen molar-refractivity contribution in [1.82, 2.24) is 15.5 Å². The fraction of sp³-hybridized carbons (Fsp3) is 0.448. The van der Waals surface area contributed by atoms with E-state index < -0.39 is 42.0 Å². The minimum atomic E-state index is -1.16. The number of hydrogen-bond acceptors (Lipinski definition) is 5. The maximum absolute atomic E-state index is 13.3. The zero-order valence-electron chi connectivity index (χ0n) is 22.0. The highest BCUT2D eigenvalue weighted by Crippen LogP contribution is 2.20. The lowest BCUT2D eigenvalue weighted by Gasteiger charge is -2.30. The molecular formula is C29H38N4O5. The topological polar surface area (TPSA) is 142 Å². The van der Waals surface area contributed by atoms with Crippen molar-refractivity contribution in [2.45, 2.75) is 70.1 Å². The van der Waals surface area contributed by atoms with Gasteiger partial charge in [-0.15, -0.1) is 0 Å². The summed E-state index contributed by atoms with van der Waals surface area (Å²) in [5.41, 5.74) is 7.92. The Morgan fingerprint density at radius 2 is 1.55 bits per heavy atom. The number of carbonyl (C=O) groups is 4. The molecule has 5 atom stereocenters. The predicted octanol–water partition coefficient (Wildman–Crippen LogP) is 1.89. The number of nitrogens with zero attached hydrogens (tertiary/aromatic N) is 1. The molecule has 0 bridgehead atoms. The first-order valence-corrected chi connectivity index (χ1v) is 13.2. The van der Waals surface area contributed by atoms with Crippen molar-refractivity contribution in [1.29, 1.82) is 0 Å². The summed E-state index contributed by atoms with van der Waals surface area (Å²) in [5.74, 6) is -2.71. The van der Waals surface area contributed by atoms with Gasteiger partial charge in [-0.25, -0.2) is 4.79 Å². The van der Waals surface area contributed by atoms with E-state index in [1.807, 2.05) is 50.2 Å². The van der Waals surface area contributed by atoms with E-state index >= 15 is 0 Å². The van der Waals surface area contributed by atoms with Crippen LogP contribution in [0.4, 0.5) is 0 Å². The summed E-state index contributed by atoms with van der Waals surface area (Å²) in [6, 6.07) is 14.9. The highest BCUT2D eigenvalue weighted by atomic mass is 16.4. The number of rotatable bonds is 12. The van der Waals surface area contributed by atoms with Gasteiger partial charge in [-0.3, -0.25) is 14.4 Å². The van der Waals surface area contributed by atoms with E-state index in [-0.39, 0.29) is 18.2 Å². The summed E-state index contributed by atoms with van der Waals surface area (Å²) >= 11 is 0. The number of aliphatic carboxylic acids is 1. The molecule has 3 rings (SSSR count). The zero-order valence-corrected chi connectivity index (χ0v) is 22.0. The number of amides is 3. The SMILES string of the molecule is CCC(C)C(NC(=O)C1CCCN1C(=O)C(N)Cc1ccccc1)C(=O)NC(Cc1ccccc1)C(=O)O. The van der Waals surface area contributed by atoms with Crippen molar-refractivity contribution in [2.24, 2.45) is 11.7 Å². The standard InChI is InChI=1S/C29H38N4O5/c1-3-19(2)25(27(35)31-23(29(37)38)18-21-13-8-5-9-14-21)32-26(34)24-15-10-16-33(24)28(36)22(30)17-20-11-6-4-7-12-20/h4-9,11-14,19,22-25H,3,10,15-18,30H2,1-2H3,(H,31,35)(H,32,34)(H,37,38). The van der Waals surface area contributed by atoms with E-state index in [1.165, 1.54) is 4.90 Å². The maximum Gasteiger partial charge on any atom is 0.326 e. The third-order valence-corrected chi connectivity index (χ3v) is 7.14. The Morgan fingerprint density at radius 1 is 0.974 bits per heavy atom. The zero-order chi connectivity index (χ0) is 27.7. The fourth-order valence-corrected chi connectivity index (χ4v) is 4.73. The van der Waals surface area contributed by atoms with Crippen LogP contribution in [0.15, 0.2) is 60.7 Å². The highest BCUT2D eigenvalue weighted by molar-refractivity contribution is 5.94. The molecular weight excluding hydrogens is 484 g/mol. The third kappa shape index (κ3) is 7.64. The first-order valence-electron chi connectivity index (χ1n) is 13.2. The van der Waals surface area contributed by atoms with Gasteiger partial charge in [0.05, 0.1) is 6.04 Å². The first-order chi connectivity index (χ1) is 18.2. The molecule has 5 unspecified atom stereocenters. The Bertz CT molecular complexity index is 1090. The van der Waals surface area contributed by atoms with Gasteiger partial charge in [0.15, 0.2) is 0 Å². The van der Waals surface area contributed by atoms with E-state index in [0.717, 1.165) is 11.1 Å². The van der Waals surface area contributed by atoms with Crippen molar-refractivity contribution in [3.63, 3.8) is 0 Å². The van der Waals surface area contributed by atoms with Crippen LogP contribution in [0.25, 0.3) is 0 Å². The molecule has 2 aromatic rings. The molecule has 0 spiro atoms. The van der Waals surface area contributed by atoms with Gasteiger partial charge in [0.2, 0.25) is 17.7 Å². The van der Waals surface area contributed by atoms with Gasteiger partial charge >= 0.3 is 5.97 Å². The molecule has 2 aromatic carbocycles. The van der Waals surface area contributed by atoms with Gasteiger partial charge in [0, 0.05) is 13.0 Å². The van der Waals surface area contributed by atoms with E-state index in [0.29, 0.717) is 32.2 Å². The highest BCUT2D eigenvalue weighted by Gasteiger charge is 2.38. The minimum Gasteiger partial charge on any atom is -0.480 e. The molecule has 1 fully saturated rings. The molecule has 3 amide bonds. The van der Waals surface area contributed by atoms with Crippen molar-refractivity contribution in [2.75, 3.05) is 6.54 Å². The molecule has 0 aromatic heterocycles. The van der Waals surface area contributed by atoms with Gasteiger partial charge in [0.1, 0.15) is 18.1 Å². The average Bonchev–Trinajstić information content (AvgIpc) is 3.41. The molecule has 0 saturated carbocycles. The molecule has 9 nitrogen and oxygen atoms in total. The molecule has 1 aliphatic heterocycles. The molecule has 1 saturated heterocycles. The number of carboxylic acid groups (broad SMARTS) is 1. The van der Waals surface area contributed by atoms with E-state index in [9.17, 15) is 24.3 Å². The van der Waals surface area contributed by atoms with Crippen LogP contribution in [0.5, 0.6) is 0 Å². The number of hydrogen-bond donors (Lipinski definition) is 4. The monoisotopic (exact) mass is 522 g/mol. The number of carbonyl (C=O) groups excluding carboxylic acids is 3. The number of benzene rings is 2. The summed E-state index contributed by atoms with van der Waals surface area (Å²) < 4.78 is 0. The maximum atomic E-state index is 13.3. The normalized spacial score (nSPS) is 18.2. The lowest BCUT2D eigenvalue weighted by Crippen LogP contribution is -2.58. The number of nitrogens with two attached hydrogens (primary N) is 1. The molecule has 0 radical (unpaired) electrons. The number of nitrogens with one attached hydrogen (secondary N) is 2. The van der Waals surface area contributed by atoms with E-state index in [2.05, 4.69) is 10.6 Å². The second-order valence-corrected chi connectivity index (χ2v) is 9.95. The smallest absolute Gasteiger partial charge is 0.326 e. The molecule has 9 heteroatoms. The van der Waals surface area contributed by atoms with Crippen LogP contribution in [0, 0.1) is 5.92 Å². The van der Waals surface area contributed by atoms with Gasteiger partial charge < -0.3 is 26.4 Å². The quantitative estimate of drug-likeness (QED) is 0.335. The van der Waals surface area contributed by atoms with Crippen LogP contribution in [0.2, 0.25) is 0 Å². The molecule has 0 aliphatic carbocycles. The lowest BCUT2D eigenvalue weighted by molar-refractivity contribution is -0.143. The van der Waals surface area contributed by atoms with Crippen LogP contribution in [-0.2, 0) is 32.0 Å². The Labute approximate surface area is 223 Å². The minimum absolute atomic E-state index is 0.118. The average molecular weight is 523 g/mol. The van der Waals surface area contributed by atoms with Gasteiger partial charge in [-0.1, -0.05) is 80.9 Å². The van der Waals surface area contributed by atoms with Crippen LogP contribution in [-0.4, -0.2) is 64.4 Å². The van der Waals surface area contributed by atoms with Gasteiger partial charge in [-0.05, 0) is 36.3 Å². The molecule has 1 aliphatic rings. The molecule has 5 N–H and O–H groups in total. The Morgan fingerprint density at radius 3 is 2.11 bits per heavy atom. The van der Waals surface area contributed by atoms with Crippen molar-refractivity contribution in [3.8, 4) is 0 Å². The predicted molar refractivity (Wildman–Crippen MR) is 144 cm³/mol. The second-order valence-electron chi connectivity index (χ2n) is 9.95. The lowest BCUT2D eigenvalue weighted by atomic mass is 9.96. The van der Waals surface area contributed by atoms with Crippen LogP contribution in [0.1, 0.15) is 44.2 Å². The summed E-state index contributed by atoms with van der Waals surface area (Å²) in [6.45, 7) is 4.13. The third-order valence-electron chi connectivity index (χ3n) is 7.14. The van der Waals surface area contributed by atoms with Crippen molar-refractivity contribution < 1.29 is 24.3 Å². The Hall–Kier alpha value is -3.72. The number of likely N-dealkylation sites (tertiary alicyclic amines) is 1. The summed E-state index contributed by atoms with van der Waals surface area (Å²) in [5, 5.41) is 15.1. The van der Waals surface area contributed by atoms with Gasteiger partial charge in [-0.2, -0.15) is 0 Å². The fourth-order valence-electron chi connectivity index (χ4n) is 4.73. The van der Waals surface area contributed by atoms with Gasteiger partial charge in [0.25, 0.3) is 0 Å². The van der Waals surface area contributed by atoms with Crippen LogP contribution >= 0.6 is 0 Å². The largest absolute Gasteiger partial charge is 0.480 e. The molecule has 38 heavy (non-hydrogen) atoms. The molecule has 1 heterocycles. The molecule has 204 valence electrons. The van der Waals surface area contributed by atoms with E-state index in [1.54, 1.807) is 24.3 Å². The first kappa shape index (κ1) is 28.8. The van der Waals surface area contributed by atoms with Crippen LogP contribution in [0.3, 0.4) is 0 Å². The van der Waals surface area contributed by atoms with E-state index in [4.69, 9.17) is 5.73 Å². The Balaban J connectivity index is 1.67. The van der Waals surface area contributed by atoms with Crippen molar-refractivity contribution >= 4 is 23.7 Å². The van der Waals surface area contributed by atoms with Crippen molar-refractivity contribution in [3.05, 3.63) is 71.8 Å². The summed E-state index contributed by atoms with van der Waals surface area (Å²) in [7, 11) is 0. The Kier molecular flexibility index (Phi) is 10.4.